The molecule has 0 bridgehead atoms. The van der Waals surface area contributed by atoms with Crippen molar-refractivity contribution in [3.63, 3.8) is 0 Å². The molecule has 0 amide bonds. The highest BCUT2D eigenvalue weighted by Crippen LogP contribution is 2.29. The molecule has 2 aromatic rings. The fourth-order valence-electron chi connectivity index (χ4n) is 3.39. The van der Waals surface area contributed by atoms with Crippen LogP contribution >= 0.6 is 0 Å². The molecule has 0 spiro atoms. The molecule has 23 heavy (non-hydrogen) atoms. The topological polar surface area (TPSA) is 67.8 Å². The lowest BCUT2D eigenvalue weighted by atomic mass is 10.2. The smallest absolute Gasteiger partial charge is 0.354 e. The van der Waals surface area contributed by atoms with Crippen LogP contribution in [0.1, 0.15) is 34.7 Å². The summed E-state index contributed by atoms with van der Waals surface area (Å²) in [5.41, 5.74) is 2.94. The molecule has 0 radical (unpaired) electrons. The Labute approximate surface area is 135 Å². The number of aromatic nitrogens is 1. The highest BCUT2D eigenvalue weighted by molar-refractivity contribution is 5.95. The Kier molecular flexibility index (Phi) is 4.46. The van der Waals surface area contributed by atoms with Gasteiger partial charge in [0.2, 0.25) is 0 Å². The van der Waals surface area contributed by atoms with Crippen LogP contribution in [0.3, 0.4) is 0 Å². The second kappa shape index (κ2) is 6.37. The van der Waals surface area contributed by atoms with Gasteiger partial charge in [-0.1, -0.05) is 0 Å². The molecule has 0 aliphatic carbocycles. The van der Waals surface area contributed by atoms with Crippen LogP contribution in [0, 0.1) is 13.8 Å². The van der Waals surface area contributed by atoms with Crippen molar-refractivity contribution >= 4 is 17.1 Å². The molecular weight excluding hydrogens is 296 g/mol. The number of nitrogens with zero attached hydrogens (tertiary/aromatic N) is 2. The number of β-amino-alcohol motifs (C(OH)–C–C–N with tert-alkyl or cyclic N) is 1. The van der Waals surface area contributed by atoms with Crippen LogP contribution in [0.15, 0.2) is 10.5 Å². The number of carbonyl (C=O) groups is 1. The Hall–Kier alpha value is -1.79. The number of aliphatic hydroxyl groups is 1. The predicted octanol–water partition coefficient (Wildman–Crippen LogP) is 2.09. The standard InChI is InChI=1S/C17H24N2O4/c1-11-12(2)23-15-8-14(17(21)22-3)19(16(11)15)10-13(20)9-18-6-4-5-7-18/h8,13,20H,4-7,9-10H2,1-3H3/t13-/m0/s1. The van der Waals surface area contributed by atoms with Gasteiger partial charge in [0.25, 0.3) is 0 Å². The quantitative estimate of drug-likeness (QED) is 0.855. The molecule has 1 aliphatic rings. The van der Waals surface area contributed by atoms with Crippen LogP contribution in [0.5, 0.6) is 0 Å². The minimum Gasteiger partial charge on any atom is -0.464 e. The van der Waals surface area contributed by atoms with Crippen molar-refractivity contribution < 1.29 is 19.1 Å². The molecule has 1 saturated heterocycles. The Bertz CT molecular complexity index is 710. The number of rotatable bonds is 5. The average molecular weight is 320 g/mol. The summed E-state index contributed by atoms with van der Waals surface area (Å²) in [5, 5.41) is 10.5. The molecule has 1 N–H and O–H groups in total. The number of ether oxygens (including phenoxy) is 1. The largest absolute Gasteiger partial charge is 0.464 e. The van der Waals surface area contributed by atoms with Crippen molar-refractivity contribution in [1.82, 2.24) is 9.47 Å². The van der Waals surface area contributed by atoms with E-state index in [0.29, 0.717) is 24.4 Å². The Balaban J connectivity index is 1.91. The number of likely N-dealkylation sites (tertiary alicyclic amines) is 1. The average Bonchev–Trinajstić information content (AvgIpc) is 3.19. The molecule has 2 aromatic heterocycles. The zero-order valence-electron chi connectivity index (χ0n) is 14.0. The summed E-state index contributed by atoms with van der Waals surface area (Å²) >= 11 is 0. The first-order valence-electron chi connectivity index (χ1n) is 8.09. The number of hydrogen-bond acceptors (Lipinski definition) is 5. The number of furan rings is 1. The monoisotopic (exact) mass is 320 g/mol. The molecule has 0 unspecified atom stereocenters. The van der Waals surface area contributed by atoms with Crippen molar-refractivity contribution in [2.45, 2.75) is 39.3 Å². The Morgan fingerprint density at radius 2 is 2.04 bits per heavy atom. The number of methoxy groups -OCH3 is 1. The molecule has 1 aliphatic heterocycles. The van der Waals surface area contributed by atoms with Crippen molar-refractivity contribution in [2.24, 2.45) is 0 Å². The molecule has 3 heterocycles. The number of hydrogen-bond donors (Lipinski definition) is 1. The van der Waals surface area contributed by atoms with Crippen LogP contribution in [0.2, 0.25) is 0 Å². The van der Waals surface area contributed by atoms with E-state index >= 15 is 0 Å². The van der Waals surface area contributed by atoms with Crippen LogP contribution < -0.4 is 0 Å². The minimum atomic E-state index is -0.540. The van der Waals surface area contributed by atoms with Gasteiger partial charge in [0.05, 0.1) is 25.3 Å². The van der Waals surface area contributed by atoms with Gasteiger partial charge in [-0.3, -0.25) is 0 Å². The fourth-order valence-corrected chi connectivity index (χ4v) is 3.39. The fraction of sp³-hybridized carbons (Fsp3) is 0.588. The first kappa shape index (κ1) is 16.1. The first-order chi connectivity index (χ1) is 11.0. The van der Waals surface area contributed by atoms with E-state index in [1.807, 2.05) is 18.4 Å². The van der Waals surface area contributed by atoms with E-state index in [9.17, 15) is 9.90 Å². The Morgan fingerprint density at radius 1 is 1.35 bits per heavy atom. The first-order valence-corrected chi connectivity index (χ1v) is 8.09. The van der Waals surface area contributed by atoms with Crippen LogP contribution in [0.25, 0.3) is 11.1 Å². The second-order valence-corrected chi connectivity index (χ2v) is 6.29. The summed E-state index contributed by atoms with van der Waals surface area (Å²) in [6, 6.07) is 1.70. The lowest BCUT2D eigenvalue weighted by Crippen LogP contribution is -2.33. The van der Waals surface area contributed by atoms with Gasteiger partial charge in [0.15, 0.2) is 5.58 Å². The van der Waals surface area contributed by atoms with Crippen molar-refractivity contribution in [1.29, 1.82) is 0 Å². The van der Waals surface area contributed by atoms with E-state index in [4.69, 9.17) is 9.15 Å². The van der Waals surface area contributed by atoms with Gasteiger partial charge < -0.3 is 23.7 Å². The number of fused-ring (bicyclic) bond motifs is 1. The summed E-state index contributed by atoms with van der Waals surface area (Å²) in [7, 11) is 1.36. The third kappa shape index (κ3) is 3.01. The molecule has 6 heteroatoms. The predicted molar refractivity (Wildman–Crippen MR) is 86.7 cm³/mol. The van der Waals surface area contributed by atoms with Gasteiger partial charge in [-0.15, -0.1) is 0 Å². The summed E-state index contributed by atoms with van der Waals surface area (Å²) in [4.78, 5) is 14.3. The highest BCUT2D eigenvalue weighted by atomic mass is 16.5. The van der Waals surface area contributed by atoms with Crippen molar-refractivity contribution in [3.8, 4) is 0 Å². The zero-order chi connectivity index (χ0) is 16.6. The van der Waals surface area contributed by atoms with Gasteiger partial charge >= 0.3 is 5.97 Å². The van der Waals surface area contributed by atoms with E-state index in [-0.39, 0.29) is 0 Å². The minimum absolute atomic E-state index is 0.351. The molecule has 0 saturated carbocycles. The molecular formula is C17H24N2O4. The van der Waals surface area contributed by atoms with Crippen LogP contribution in [-0.4, -0.2) is 53.4 Å². The maximum Gasteiger partial charge on any atom is 0.354 e. The van der Waals surface area contributed by atoms with Crippen molar-refractivity contribution in [2.75, 3.05) is 26.7 Å². The number of carbonyl (C=O) groups excluding carboxylic acids is 1. The molecule has 6 nitrogen and oxygen atoms in total. The molecule has 3 rings (SSSR count). The number of aryl methyl sites for hydroxylation is 2. The number of aliphatic hydroxyl groups excluding tert-OH is 1. The lowest BCUT2D eigenvalue weighted by molar-refractivity contribution is 0.0580. The maximum absolute atomic E-state index is 12.0. The van der Waals surface area contributed by atoms with E-state index < -0.39 is 12.1 Å². The van der Waals surface area contributed by atoms with Crippen LogP contribution in [0.4, 0.5) is 0 Å². The van der Waals surface area contributed by atoms with E-state index in [2.05, 4.69) is 4.90 Å². The van der Waals surface area contributed by atoms with Gasteiger partial charge in [-0.25, -0.2) is 4.79 Å². The summed E-state index contributed by atoms with van der Waals surface area (Å²) in [6.07, 6.45) is 1.84. The Morgan fingerprint density at radius 3 is 2.70 bits per heavy atom. The third-order valence-corrected chi connectivity index (χ3v) is 4.66. The van der Waals surface area contributed by atoms with Gasteiger partial charge in [-0.2, -0.15) is 0 Å². The van der Waals surface area contributed by atoms with E-state index in [1.165, 1.54) is 20.0 Å². The molecule has 0 aromatic carbocycles. The van der Waals surface area contributed by atoms with Gasteiger partial charge in [-0.05, 0) is 39.8 Å². The summed E-state index contributed by atoms with van der Waals surface area (Å²) in [5.74, 6) is 0.413. The maximum atomic E-state index is 12.0. The molecule has 126 valence electrons. The normalized spacial score (nSPS) is 17.0. The lowest BCUT2D eigenvalue weighted by Gasteiger charge is -2.21. The summed E-state index contributed by atoms with van der Waals surface area (Å²) < 4.78 is 12.4. The number of esters is 1. The SMILES string of the molecule is COC(=O)c1cc2oc(C)c(C)c2n1C[C@@H](O)CN1CCCC1. The summed E-state index contributed by atoms with van der Waals surface area (Å²) in [6.45, 7) is 6.90. The second-order valence-electron chi connectivity index (χ2n) is 6.29. The highest BCUT2D eigenvalue weighted by Gasteiger charge is 2.24. The van der Waals surface area contributed by atoms with Gasteiger partial charge in [0, 0.05) is 18.2 Å². The van der Waals surface area contributed by atoms with E-state index in [1.54, 1.807) is 6.07 Å². The van der Waals surface area contributed by atoms with E-state index in [0.717, 1.165) is 29.9 Å². The van der Waals surface area contributed by atoms with Gasteiger partial charge in [0.1, 0.15) is 11.5 Å². The van der Waals surface area contributed by atoms with Crippen LogP contribution in [-0.2, 0) is 11.3 Å². The zero-order valence-corrected chi connectivity index (χ0v) is 14.0. The molecule has 1 fully saturated rings. The van der Waals surface area contributed by atoms with Crippen molar-refractivity contribution in [3.05, 3.63) is 23.1 Å². The third-order valence-electron chi connectivity index (χ3n) is 4.66. The molecule has 1 atom stereocenters.